The molecule has 2 unspecified atom stereocenters. The Kier molecular flexibility index (Phi) is 7.12. The van der Waals surface area contributed by atoms with Crippen molar-refractivity contribution in [1.29, 1.82) is 0 Å². The topological polar surface area (TPSA) is 67.4 Å². The molecular weight excluding hydrogens is 434 g/mol. The van der Waals surface area contributed by atoms with Crippen molar-refractivity contribution < 1.29 is 21.9 Å². The van der Waals surface area contributed by atoms with E-state index < -0.39 is 15.8 Å². The molecule has 0 aliphatic heterocycles. The molecule has 2 N–H and O–H groups in total. The number of ether oxygens (including phenoxy) is 1. The molecule has 4 rings (SSSR count). The number of hydrogen-bond donors (Lipinski definition) is 2. The standard InChI is InChI=1S/C24H30F2N2O3S/c1-27-15-18-12-17-13-23(26)24(31-9-8-28-32(29,30)20-6-3-7-20)14-22(17)21(18)11-16-4-2-5-19(25)10-16/h2,4-5,10,13-14,18,20-21,27-28H,3,6-9,11-12,15H2,1H3. The quantitative estimate of drug-likeness (QED) is 0.528. The second-order valence-electron chi connectivity index (χ2n) is 8.78. The molecule has 8 heteroatoms. The maximum absolute atomic E-state index is 14.7. The van der Waals surface area contributed by atoms with E-state index in [4.69, 9.17) is 4.74 Å². The molecule has 0 bridgehead atoms. The van der Waals surface area contributed by atoms with E-state index in [2.05, 4.69) is 10.0 Å². The predicted molar refractivity (Wildman–Crippen MR) is 120 cm³/mol. The molecule has 2 aliphatic rings. The van der Waals surface area contributed by atoms with Crippen LogP contribution < -0.4 is 14.8 Å². The normalized spacial score (nSPS) is 20.7. The molecule has 0 heterocycles. The van der Waals surface area contributed by atoms with Crippen molar-refractivity contribution in [2.24, 2.45) is 5.92 Å². The Bertz CT molecular complexity index is 1060. The molecule has 1 fully saturated rings. The average molecular weight is 465 g/mol. The summed E-state index contributed by atoms with van der Waals surface area (Å²) in [7, 11) is -1.43. The molecule has 0 spiro atoms. The Labute approximate surface area is 188 Å². The zero-order valence-electron chi connectivity index (χ0n) is 18.2. The first-order valence-electron chi connectivity index (χ1n) is 11.2. The van der Waals surface area contributed by atoms with Crippen LogP contribution in [0.5, 0.6) is 5.75 Å². The molecule has 1 saturated carbocycles. The van der Waals surface area contributed by atoms with E-state index in [1.165, 1.54) is 12.1 Å². The van der Waals surface area contributed by atoms with Gasteiger partial charge >= 0.3 is 0 Å². The van der Waals surface area contributed by atoms with Crippen LogP contribution in [0.1, 0.15) is 41.9 Å². The van der Waals surface area contributed by atoms with Crippen LogP contribution in [0.3, 0.4) is 0 Å². The molecule has 0 amide bonds. The molecule has 5 nitrogen and oxygen atoms in total. The van der Waals surface area contributed by atoms with Gasteiger partial charge in [-0.25, -0.2) is 21.9 Å². The highest BCUT2D eigenvalue weighted by Crippen LogP contribution is 2.42. The Morgan fingerprint density at radius 1 is 1.16 bits per heavy atom. The number of fused-ring (bicyclic) bond motifs is 1. The molecular formula is C24H30F2N2O3S. The van der Waals surface area contributed by atoms with Gasteiger partial charge in [0.25, 0.3) is 0 Å². The highest BCUT2D eigenvalue weighted by molar-refractivity contribution is 7.90. The third-order valence-corrected chi connectivity index (χ3v) is 8.56. The molecule has 32 heavy (non-hydrogen) atoms. The van der Waals surface area contributed by atoms with Gasteiger partial charge in [-0.2, -0.15) is 0 Å². The first kappa shape index (κ1) is 23.1. The maximum atomic E-state index is 14.7. The fourth-order valence-corrected chi connectivity index (χ4v) is 6.29. The van der Waals surface area contributed by atoms with Crippen LogP contribution in [0.15, 0.2) is 36.4 Å². The molecule has 2 atom stereocenters. The minimum absolute atomic E-state index is 0.0517. The molecule has 0 aromatic heterocycles. The van der Waals surface area contributed by atoms with Crippen LogP contribution in [0, 0.1) is 17.6 Å². The van der Waals surface area contributed by atoms with Gasteiger partial charge in [-0.05, 0) is 92.1 Å². The fraction of sp³-hybridized carbons (Fsp3) is 0.500. The van der Waals surface area contributed by atoms with Crippen LogP contribution in [0.4, 0.5) is 8.78 Å². The Balaban J connectivity index is 1.46. The van der Waals surface area contributed by atoms with E-state index >= 15 is 0 Å². The number of halogens is 2. The van der Waals surface area contributed by atoms with Crippen molar-refractivity contribution >= 4 is 10.0 Å². The Hall–Kier alpha value is -2.03. The summed E-state index contributed by atoms with van der Waals surface area (Å²) < 4.78 is 60.8. The third-order valence-electron chi connectivity index (χ3n) is 6.61. The van der Waals surface area contributed by atoms with Gasteiger partial charge in [0.2, 0.25) is 10.0 Å². The van der Waals surface area contributed by atoms with E-state index in [1.807, 2.05) is 13.1 Å². The van der Waals surface area contributed by atoms with Gasteiger partial charge in [0.05, 0.1) is 5.25 Å². The Morgan fingerprint density at radius 3 is 2.66 bits per heavy atom. The lowest BCUT2D eigenvalue weighted by Gasteiger charge is -2.25. The molecule has 2 aromatic rings. The second-order valence-corrected chi connectivity index (χ2v) is 10.8. The zero-order chi connectivity index (χ0) is 22.7. The summed E-state index contributed by atoms with van der Waals surface area (Å²) in [5.74, 6) is -0.207. The highest BCUT2D eigenvalue weighted by atomic mass is 32.2. The van der Waals surface area contributed by atoms with Crippen LogP contribution in [0.2, 0.25) is 0 Å². The SMILES string of the molecule is CNCC1Cc2cc(F)c(OCCNS(=O)(=O)C3CCC3)cc2C1Cc1cccc(F)c1. The van der Waals surface area contributed by atoms with E-state index in [1.54, 1.807) is 18.2 Å². The average Bonchev–Trinajstić information content (AvgIpc) is 3.00. The van der Waals surface area contributed by atoms with Crippen molar-refractivity contribution in [2.45, 2.75) is 43.3 Å². The lowest BCUT2D eigenvalue weighted by Crippen LogP contribution is -2.40. The van der Waals surface area contributed by atoms with Crippen LogP contribution in [-0.2, 0) is 22.9 Å². The summed E-state index contributed by atoms with van der Waals surface area (Å²) in [5, 5.41) is 2.90. The maximum Gasteiger partial charge on any atom is 0.214 e. The first-order chi connectivity index (χ1) is 15.4. The number of hydrogen-bond acceptors (Lipinski definition) is 4. The van der Waals surface area contributed by atoms with E-state index in [0.717, 1.165) is 36.1 Å². The second kappa shape index (κ2) is 9.85. The summed E-state index contributed by atoms with van der Waals surface area (Å²) in [6.07, 6.45) is 3.72. The molecule has 2 aromatic carbocycles. The van der Waals surface area contributed by atoms with Crippen molar-refractivity contribution in [3.8, 4) is 5.75 Å². The highest BCUT2D eigenvalue weighted by Gasteiger charge is 2.34. The smallest absolute Gasteiger partial charge is 0.214 e. The lowest BCUT2D eigenvalue weighted by molar-refractivity contribution is 0.305. The summed E-state index contributed by atoms with van der Waals surface area (Å²) in [4.78, 5) is 0. The summed E-state index contributed by atoms with van der Waals surface area (Å²) in [6.45, 7) is 0.927. The number of nitrogens with one attached hydrogen (secondary N) is 2. The van der Waals surface area contributed by atoms with Crippen molar-refractivity contribution in [1.82, 2.24) is 10.0 Å². The van der Waals surface area contributed by atoms with Gasteiger partial charge in [-0.3, -0.25) is 0 Å². The molecule has 2 aliphatic carbocycles. The monoisotopic (exact) mass is 464 g/mol. The number of rotatable bonds is 10. The first-order valence-corrected chi connectivity index (χ1v) is 12.7. The minimum atomic E-state index is -3.32. The summed E-state index contributed by atoms with van der Waals surface area (Å²) in [5.41, 5.74) is 2.87. The largest absolute Gasteiger partial charge is 0.489 e. The van der Waals surface area contributed by atoms with Crippen LogP contribution in [0.25, 0.3) is 0 Å². The van der Waals surface area contributed by atoms with Gasteiger partial charge in [-0.1, -0.05) is 18.6 Å². The fourth-order valence-electron chi connectivity index (χ4n) is 4.74. The minimum Gasteiger partial charge on any atom is -0.489 e. The van der Waals surface area contributed by atoms with E-state index in [0.29, 0.717) is 19.3 Å². The van der Waals surface area contributed by atoms with E-state index in [-0.39, 0.29) is 41.8 Å². The van der Waals surface area contributed by atoms with Crippen molar-refractivity contribution in [3.05, 3.63) is 64.7 Å². The van der Waals surface area contributed by atoms with Gasteiger partial charge in [0, 0.05) is 6.54 Å². The lowest BCUT2D eigenvalue weighted by atomic mass is 9.86. The summed E-state index contributed by atoms with van der Waals surface area (Å²) in [6, 6.07) is 9.85. The van der Waals surface area contributed by atoms with Crippen LogP contribution >= 0.6 is 0 Å². The third kappa shape index (κ3) is 5.13. The zero-order valence-corrected chi connectivity index (χ0v) is 19.1. The molecule has 0 saturated heterocycles. The van der Waals surface area contributed by atoms with Crippen molar-refractivity contribution in [2.75, 3.05) is 26.7 Å². The van der Waals surface area contributed by atoms with E-state index in [9.17, 15) is 17.2 Å². The molecule has 174 valence electrons. The molecule has 0 radical (unpaired) electrons. The van der Waals surface area contributed by atoms with Gasteiger partial charge in [0.1, 0.15) is 12.4 Å². The van der Waals surface area contributed by atoms with Crippen molar-refractivity contribution in [3.63, 3.8) is 0 Å². The summed E-state index contributed by atoms with van der Waals surface area (Å²) >= 11 is 0. The predicted octanol–water partition coefficient (Wildman–Crippen LogP) is 3.53. The Morgan fingerprint density at radius 2 is 1.97 bits per heavy atom. The van der Waals surface area contributed by atoms with Gasteiger partial charge < -0.3 is 10.1 Å². The van der Waals surface area contributed by atoms with Gasteiger partial charge in [-0.15, -0.1) is 0 Å². The van der Waals surface area contributed by atoms with Crippen LogP contribution in [-0.4, -0.2) is 40.4 Å². The number of sulfonamides is 1. The number of benzene rings is 2. The van der Waals surface area contributed by atoms with Gasteiger partial charge in [0.15, 0.2) is 11.6 Å².